The van der Waals surface area contributed by atoms with E-state index in [9.17, 15) is 31.1 Å². The Bertz CT molecular complexity index is 595. The fourth-order valence-corrected chi connectivity index (χ4v) is 2.52. The highest BCUT2D eigenvalue weighted by Gasteiger charge is 2.37. The van der Waals surface area contributed by atoms with Crippen molar-refractivity contribution in [2.45, 2.75) is 31.3 Å². The predicted molar refractivity (Wildman–Crippen MR) is 78.2 cm³/mol. The molecule has 1 aliphatic rings. The van der Waals surface area contributed by atoms with Crippen LogP contribution in [0.2, 0.25) is 0 Å². The summed E-state index contributed by atoms with van der Waals surface area (Å²) in [5, 5.41) is 2.44. The Balaban J connectivity index is 0.00000338. The Morgan fingerprint density at radius 3 is 1.96 bits per heavy atom. The first-order valence-electron chi connectivity index (χ1n) is 7.43. The van der Waals surface area contributed by atoms with Crippen LogP contribution < -0.4 is 10.1 Å². The summed E-state index contributed by atoms with van der Waals surface area (Å²) in [7, 11) is 1.46. The minimum atomic E-state index is -4.91. The van der Waals surface area contributed by atoms with Crippen LogP contribution in [0.25, 0.3) is 0 Å². The SMILES string of the molecule is CNC(=O)N1CCC(Oc2cc(C(F)(F)F)cc(C(F)(F)F)c2)CC1.[HH]. The van der Waals surface area contributed by atoms with Crippen LogP contribution >= 0.6 is 0 Å². The number of nitrogens with zero attached hydrogens (tertiary/aromatic N) is 1. The minimum Gasteiger partial charge on any atom is -0.490 e. The van der Waals surface area contributed by atoms with Gasteiger partial charge in [-0.15, -0.1) is 0 Å². The largest absolute Gasteiger partial charge is 0.490 e. The van der Waals surface area contributed by atoms with Gasteiger partial charge in [0, 0.05) is 34.4 Å². The van der Waals surface area contributed by atoms with E-state index in [2.05, 4.69) is 5.32 Å². The van der Waals surface area contributed by atoms with Crippen molar-refractivity contribution in [3.63, 3.8) is 0 Å². The molecule has 0 aliphatic carbocycles. The van der Waals surface area contributed by atoms with Gasteiger partial charge in [0.05, 0.1) is 11.1 Å². The number of hydrogen-bond donors (Lipinski definition) is 1. The van der Waals surface area contributed by atoms with Crippen LogP contribution in [0.5, 0.6) is 5.75 Å². The van der Waals surface area contributed by atoms with Crippen LogP contribution in [0.1, 0.15) is 25.4 Å². The van der Waals surface area contributed by atoms with Crippen LogP contribution in [0.3, 0.4) is 0 Å². The first-order chi connectivity index (χ1) is 11.5. The van der Waals surface area contributed by atoms with Crippen LogP contribution in [-0.4, -0.2) is 37.2 Å². The molecular formula is C15H18F6N2O2. The van der Waals surface area contributed by atoms with Crippen molar-refractivity contribution in [3.8, 4) is 5.75 Å². The van der Waals surface area contributed by atoms with E-state index < -0.39 is 35.3 Å². The number of carbonyl (C=O) groups excluding carboxylic acids is 1. The molecule has 1 N–H and O–H groups in total. The first kappa shape index (κ1) is 19.2. The predicted octanol–water partition coefficient (Wildman–Crippen LogP) is 4.15. The number of likely N-dealkylation sites (tertiary alicyclic amines) is 1. The maximum absolute atomic E-state index is 12.8. The van der Waals surface area contributed by atoms with Gasteiger partial charge >= 0.3 is 18.4 Å². The number of benzene rings is 1. The van der Waals surface area contributed by atoms with E-state index in [-0.39, 0.29) is 13.5 Å². The zero-order valence-corrected chi connectivity index (χ0v) is 13.2. The molecule has 2 rings (SSSR count). The van der Waals surface area contributed by atoms with E-state index in [1.54, 1.807) is 0 Å². The number of nitrogens with one attached hydrogen (secondary N) is 1. The summed E-state index contributed by atoms with van der Waals surface area (Å²) in [4.78, 5) is 13.0. The Morgan fingerprint density at radius 2 is 1.56 bits per heavy atom. The number of rotatable bonds is 2. The molecule has 0 radical (unpaired) electrons. The molecule has 0 aromatic heterocycles. The molecule has 1 saturated heterocycles. The average Bonchev–Trinajstić information content (AvgIpc) is 2.53. The number of alkyl halides is 6. The molecular weight excluding hydrogens is 354 g/mol. The molecule has 142 valence electrons. The molecule has 1 aliphatic heterocycles. The van der Waals surface area contributed by atoms with Crippen molar-refractivity contribution in [1.29, 1.82) is 0 Å². The zero-order valence-electron chi connectivity index (χ0n) is 13.2. The van der Waals surface area contributed by atoms with Crippen molar-refractivity contribution in [2.24, 2.45) is 0 Å². The van der Waals surface area contributed by atoms with Crippen molar-refractivity contribution in [1.82, 2.24) is 10.2 Å². The highest BCUT2D eigenvalue weighted by molar-refractivity contribution is 5.73. The van der Waals surface area contributed by atoms with Gasteiger partial charge in [-0.2, -0.15) is 26.3 Å². The zero-order chi connectivity index (χ0) is 18.8. The molecule has 25 heavy (non-hydrogen) atoms. The summed E-state index contributed by atoms with van der Waals surface area (Å²) < 4.78 is 82.2. The van der Waals surface area contributed by atoms with Gasteiger partial charge in [-0.3, -0.25) is 0 Å². The second-order valence-electron chi connectivity index (χ2n) is 5.60. The number of carbonyl (C=O) groups is 1. The molecule has 0 bridgehead atoms. The number of ether oxygens (including phenoxy) is 1. The van der Waals surface area contributed by atoms with Crippen LogP contribution in [0, 0.1) is 0 Å². The molecule has 2 amide bonds. The second kappa shape index (κ2) is 7.01. The number of halogens is 6. The maximum Gasteiger partial charge on any atom is 0.416 e. The van der Waals surface area contributed by atoms with E-state index in [1.165, 1.54) is 11.9 Å². The summed E-state index contributed by atoms with van der Waals surface area (Å²) in [5.74, 6) is -0.486. The van der Waals surface area contributed by atoms with E-state index >= 15 is 0 Å². The number of amides is 2. The molecule has 0 saturated carbocycles. The Labute approximate surface area is 141 Å². The number of urea groups is 1. The van der Waals surface area contributed by atoms with E-state index in [4.69, 9.17) is 4.74 Å². The van der Waals surface area contributed by atoms with Crippen molar-refractivity contribution in [3.05, 3.63) is 29.3 Å². The maximum atomic E-state index is 12.8. The lowest BCUT2D eigenvalue weighted by atomic mass is 10.1. The van der Waals surface area contributed by atoms with Gasteiger partial charge in [0.1, 0.15) is 11.9 Å². The van der Waals surface area contributed by atoms with Gasteiger partial charge < -0.3 is 15.0 Å². The fraction of sp³-hybridized carbons (Fsp3) is 0.533. The lowest BCUT2D eigenvalue weighted by molar-refractivity contribution is -0.143. The lowest BCUT2D eigenvalue weighted by Crippen LogP contribution is -2.45. The molecule has 1 aromatic rings. The molecule has 0 unspecified atom stereocenters. The third-order valence-corrected chi connectivity index (χ3v) is 3.81. The van der Waals surface area contributed by atoms with Crippen LogP contribution in [-0.2, 0) is 12.4 Å². The smallest absolute Gasteiger partial charge is 0.416 e. The van der Waals surface area contributed by atoms with Gasteiger partial charge in [0.2, 0.25) is 0 Å². The summed E-state index contributed by atoms with van der Waals surface area (Å²) >= 11 is 0. The van der Waals surface area contributed by atoms with Crippen molar-refractivity contribution >= 4 is 6.03 Å². The minimum absolute atomic E-state index is 0. The highest BCUT2D eigenvalue weighted by atomic mass is 19.4. The molecule has 1 aromatic carbocycles. The Hall–Kier alpha value is -2.13. The monoisotopic (exact) mass is 372 g/mol. The normalized spacial score (nSPS) is 16.7. The molecule has 0 atom stereocenters. The van der Waals surface area contributed by atoms with E-state index in [1.807, 2.05) is 0 Å². The summed E-state index contributed by atoms with van der Waals surface area (Å²) in [6.07, 6.45) is -9.77. The quantitative estimate of drug-likeness (QED) is 0.793. The lowest BCUT2D eigenvalue weighted by Gasteiger charge is -2.32. The standard InChI is InChI=1S/C15H16F6N2O2.H2/c1-22-13(24)23-4-2-11(3-5-23)25-12-7-9(14(16,17)18)6-10(8-12)15(19,20)21;/h6-8,11H,2-5H2,1H3,(H,22,24);1H. The Kier molecular flexibility index (Phi) is 5.38. The fourth-order valence-electron chi connectivity index (χ4n) is 2.52. The van der Waals surface area contributed by atoms with Gasteiger partial charge in [-0.25, -0.2) is 4.79 Å². The van der Waals surface area contributed by atoms with Crippen molar-refractivity contribution < 1.29 is 37.3 Å². The summed E-state index contributed by atoms with van der Waals surface area (Å²) in [5.41, 5.74) is -2.83. The Morgan fingerprint density at radius 1 is 1.08 bits per heavy atom. The van der Waals surface area contributed by atoms with Crippen LogP contribution in [0.15, 0.2) is 18.2 Å². The number of piperidine rings is 1. The second-order valence-corrected chi connectivity index (χ2v) is 5.60. The summed E-state index contributed by atoms with van der Waals surface area (Å²) in [6, 6.07) is 0.874. The van der Waals surface area contributed by atoms with E-state index in [0.717, 1.165) is 0 Å². The van der Waals surface area contributed by atoms with Gasteiger partial charge in [0.25, 0.3) is 0 Å². The average molecular weight is 372 g/mol. The molecule has 1 fully saturated rings. The third kappa shape index (κ3) is 4.93. The van der Waals surface area contributed by atoms with Crippen LogP contribution in [0.4, 0.5) is 31.1 Å². The highest BCUT2D eigenvalue weighted by Crippen LogP contribution is 2.38. The first-order valence-corrected chi connectivity index (χ1v) is 7.43. The topological polar surface area (TPSA) is 41.6 Å². The third-order valence-electron chi connectivity index (χ3n) is 3.81. The number of hydrogen-bond acceptors (Lipinski definition) is 2. The molecule has 10 heteroatoms. The molecule has 1 heterocycles. The van der Waals surface area contributed by atoms with Gasteiger partial charge in [-0.1, -0.05) is 0 Å². The summed E-state index contributed by atoms with van der Waals surface area (Å²) in [6.45, 7) is 0.602. The van der Waals surface area contributed by atoms with Gasteiger partial charge in [-0.05, 0) is 18.2 Å². The van der Waals surface area contributed by atoms with Crippen molar-refractivity contribution in [2.75, 3.05) is 20.1 Å². The van der Waals surface area contributed by atoms with Gasteiger partial charge in [0.15, 0.2) is 0 Å². The van der Waals surface area contributed by atoms with E-state index in [0.29, 0.717) is 38.1 Å². The molecule has 4 nitrogen and oxygen atoms in total. The molecule has 0 spiro atoms.